The van der Waals surface area contributed by atoms with Crippen molar-refractivity contribution in [1.29, 1.82) is 0 Å². The Balaban J connectivity index is 3.88. The van der Waals surface area contributed by atoms with Crippen LogP contribution >= 0.6 is 11.8 Å². The number of hydrazine groups is 1. The first-order chi connectivity index (χ1) is 6.13. The average Bonchev–Trinajstić information content (AvgIpc) is 2.11. The zero-order valence-corrected chi connectivity index (χ0v) is 9.06. The molecule has 0 saturated heterocycles. The van der Waals surface area contributed by atoms with Crippen molar-refractivity contribution in [2.24, 2.45) is 17.5 Å². The van der Waals surface area contributed by atoms with E-state index < -0.39 is 0 Å². The topological polar surface area (TPSA) is 81.1 Å². The molecule has 0 aliphatic carbocycles. The molecule has 1 amide bonds. The summed E-state index contributed by atoms with van der Waals surface area (Å²) in [6.07, 6.45) is 0.936. The number of amides is 1. The minimum Gasteiger partial charge on any atom is -0.330 e. The van der Waals surface area contributed by atoms with Crippen molar-refractivity contribution in [2.75, 3.05) is 12.3 Å². The van der Waals surface area contributed by atoms with E-state index in [1.165, 1.54) is 0 Å². The number of nitrogens with two attached hydrogens (primary N) is 2. The normalized spacial score (nSPS) is 13.0. The third-order valence-corrected chi connectivity index (χ3v) is 3.29. The molecule has 0 aliphatic heterocycles. The molecule has 5 heteroatoms. The lowest BCUT2D eigenvalue weighted by atomic mass is 10.1. The maximum Gasteiger partial charge on any atom is 0.247 e. The van der Waals surface area contributed by atoms with Crippen molar-refractivity contribution in [1.82, 2.24) is 5.43 Å². The Kier molecular flexibility index (Phi) is 7.03. The molecule has 0 aromatic carbocycles. The van der Waals surface area contributed by atoms with E-state index >= 15 is 0 Å². The number of nitrogens with one attached hydrogen (secondary N) is 1. The summed E-state index contributed by atoms with van der Waals surface area (Å²) in [5, 5.41) is -0.0588. The molecule has 0 fully saturated rings. The zero-order chi connectivity index (χ0) is 10.3. The highest BCUT2D eigenvalue weighted by Gasteiger charge is 2.21. The van der Waals surface area contributed by atoms with Crippen molar-refractivity contribution < 1.29 is 4.79 Å². The van der Waals surface area contributed by atoms with E-state index in [2.05, 4.69) is 5.43 Å². The number of hydrogen-bond donors (Lipinski definition) is 3. The van der Waals surface area contributed by atoms with E-state index in [-0.39, 0.29) is 11.2 Å². The monoisotopic (exact) mass is 205 g/mol. The molecule has 0 saturated carbocycles. The van der Waals surface area contributed by atoms with Crippen LogP contribution in [0.25, 0.3) is 0 Å². The summed E-state index contributed by atoms with van der Waals surface area (Å²) in [5.41, 5.74) is 7.54. The Morgan fingerprint density at radius 3 is 2.54 bits per heavy atom. The van der Waals surface area contributed by atoms with E-state index in [4.69, 9.17) is 11.6 Å². The van der Waals surface area contributed by atoms with Gasteiger partial charge in [0, 0.05) is 0 Å². The lowest BCUT2D eigenvalue weighted by Crippen LogP contribution is -2.40. The van der Waals surface area contributed by atoms with Crippen LogP contribution in [-0.4, -0.2) is 23.5 Å². The van der Waals surface area contributed by atoms with E-state index in [1.807, 2.05) is 13.8 Å². The molecule has 0 aromatic rings. The predicted molar refractivity (Wildman–Crippen MR) is 57.1 cm³/mol. The largest absolute Gasteiger partial charge is 0.330 e. The molecule has 1 unspecified atom stereocenters. The first-order valence-electron chi connectivity index (χ1n) is 4.45. The second-order valence-electron chi connectivity index (χ2n) is 3.19. The van der Waals surface area contributed by atoms with Gasteiger partial charge >= 0.3 is 0 Å². The Bertz CT molecular complexity index is 152. The Morgan fingerprint density at radius 1 is 1.54 bits per heavy atom. The fourth-order valence-electron chi connectivity index (χ4n) is 0.947. The van der Waals surface area contributed by atoms with Gasteiger partial charge in [-0.1, -0.05) is 13.8 Å². The van der Waals surface area contributed by atoms with Gasteiger partial charge in [0.05, 0.1) is 5.25 Å². The van der Waals surface area contributed by atoms with Crippen molar-refractivity contribution >= 4 is 17.7 Å². The fourth-order valence-corrected chi connectivity index (χ4v) is 2.14. The lowest BCUT2D eigenvalue weighted by molar-refractivity contribution is -0.121. The average molecular weight is 205 g/mol. The van der Waals surface area contributed by atoms with Gasteiger partial charge in [-0.15, -0.1) is 11.8 Å². The smallest absolute Gasteiger partial charge is 0.247 e. The third-order valence-electron chi connectivity index (χ3n) is 1.65. The van der Waals surface area contributed by atoms with Crippen LogP contribution in [0.2, 0.25) is 0 Å². The lowest BCUT2D eigenvalue weighted by Gasteiger charge is -2.17. The highest BCUT2D eigenvalue weighted by molar-refractivity contribution is 8.00. The van der Waals surface area contributed by atoms with Gasteiger partial charge in [-0.05, 0) is 24.6 Å². The van der Waals surface area contributed by atoms with Gasteiger partial charge < -0.3 is 5.73 Å². The Labute approximate surface area is 83.8 Å². The van der Waals surface area contributed by atoms with Crippen LogP contribution in [-0.2, 0) is 4.79 Å². The molecule has 5 N–H and O–H groups in total. The minimum atomic E-state index is -0.1000. The van der Waals surface area contributed by atoms with Gasteiger partial charge in [-0.3, -0.25) is 10.2 Å². The SMILES string of the molecule is CC(C)C(SCCCN)C(=O)NN. The molecule has 4 nitrogen and oxygen atoms in total. The zero-order valence-electron chi connectivity index (χ0n) is 8.25. The minimum absolute atomic E-state index is 0.0588. The number of carbonyl (C=O) groups excluding carboxylic acids is 1. The van der Waals surface area contributed by atoms with Crippen LogP contribution in [0.4, 0.5) is 0 Å². The quantitative estimate of drug-likeness (QED) is 0.248. The highest BCUT2D eigenvalue weighted by Crippen LogP contribution is 2.19. The molecule has 0 bridgehead atoms. The molecule has 0 spiro atoms. The maximum absolute atomic E-state index is 11.3. The standard InChI is InChI=1S/C8H19N3OS/c1-6(2)7(8(12)11-10)13-5-3-4-9/h6-7H,3-5,9-10H2,1-2H3,(H,11,12). The molecule has 0 aromatic heterocycles. The molecule has 13 heavy (non-hydrogen) atoms. The van der Waals surface area contributed by atoms with Gasteiger partial charge in [0.2, 0.25) is 5.91 Å². The number of carbonyl (C=O) groups is 1. The summed E-state index contributed by atoms with van der Waals surface area (Å²) in [7, 11) is 0. The first-order valence-corrected chi connectivity index (χ1v) is 5.50. The maximum atomic E-state index is 11.3. The summed E-state index contributed by atoms with van der Waals surface area (Å²) in [4.78, 5) is 11.3. The molecule has 1 atom stereocenters. The highest BCUT2D eigenvalue weighted by atomic mass is 32.2. The van der Waals surface area contributed by atoms with Gasteiger partial charge in [0.15, 0.2) is 0 Å². The van der Waals surface area contributed by atoms with Crippen molar-refractivity contribution in [3.05, 3.63) is 0 Å². The first kappa shape index (κ1) is 12.7. The predicted octanol–water partition coefficient (Wildman–Crippen LogP) is 0.0829. The fraction of sp³-hybridized carbons (Fsp3) is 0.875. The Hall–Kier alpha value is -0.260. The molecular formula is C8H19N3OS. The summed E-state index contributed by atoms with van der Waals surface area (Å²) in [5.74, 6) is 6.18. The molecule has 0 rings (SSSR count). The van der Waals surface area contributed by atoms with Crippen LogP contribution in [0.3, 0.4) is 0 Å². The van der Waals surface area contributed by atoms with Gasteiger partial charge in [-0.2, -0.15) is 0 Å². The van der Waals surface area contributed by atoms with Gasteiger partial charge in [-0.25, -0.2) is 5.84 Å². The van der Waals surface area contributed by atoms with Crippen molar-refractivity contribution in [2.45, 2.75) is 25.5 Å². The van der Waals surface area contributed by atoms with Gasteiger partial charge in [0.1, 0.15) is 0 Å². The Morgan fingerprint density at radius 2 is 2.15 bits per heavy atom. The van der Waals surface area contributed by atoms with E-state index in [0.29, 0.717) is 12.5 Å². The summed E-state index contributed by atoms with van der Waals surface area (Å²) in [6, 6.07) is 0. The summed E-state index contributed by atoms with van der Waals surface area (Å²) in [6.45, 7) is 4.69. The number of hydrogen-bond acceptors (Lipinski definition) is 4. The third kappa shape index (κ3) is 5.13. The van der Waals surface area contributed by atoms with Crippen LogP contribution in [0.15, 0.2) is 0 Å². The van der Waals surface area contributed by atoms with Gasteiger partial charge in [0.25, 0.3) is 0 Å². The number of rotatable bonds is 6. The molecular weight excluding hydrogens is 186 g/mol. The summed E-state index contributed by atoms with van der Waals surface area (Å²) >= 11 is 1.61. The van der Waals surface area contributed by atoms with E-state index in [9.17, 15) is 4.79 Å². The molecule has 0 radical (unpaired) electrons. The van der Waals surface area contributed by atoms with E-state index in [1.54, 1.807) is 11.8 Å². The van der Waals surface area contributed by atoms with Crippen LogP contribution in [0, 0.1) is 5.92 Å². The van der Waals surface area contributed by atoms with Crippen LogP contribution < -0.4 is 17.0 Å². The molecule has 0 heterocycles. The summed E-state index contributed by atoms with van der Waals surface area (Å²) < 4.78 is 0. The number of thioether (sulfide) groups is 1. The van der Waals surface area contributed by atoms with Crippen molar-refractivity contribution in [3.8, 4) is 0 Å². The second-order valence-corrected chi connectivity index (χ2v) is 4.44. The van der Waals surface area contributed by atoms with Crippen molar-refractivity contribution in [3.63, 3.8) is 0 Å². The van der Waals surface area contributed by atoms with Crippen LogP contribution in [0.1, 0.15) is 20.3 Å². The second kappa shape index (κ2) is 7.17. The molecule has 0 aliphatic rings. The van der Waals surface area contributed by atoms with Crippen LogP contribution in [0.5, 0.6) is 0 Å². The van der Waals surface area contributed by atoms with E-state index in [0.717, 1.165) is 12.2 Å². The molecule has 78 valence electrons.